The summed E-state index contributed by atoms with van der Waals surface area (Å²) in [5.74, 6) is 6.59. The molecule has 0 saturated carbocycles. The van der Waals surface area contributed by atoms with Gasteiger partial charge in [0, 0.05) is 16.5 Å². The van der Waals surface area contributed by atoms with Crippen molar-refractivity contribution >= 4 is 11.8 Å². The minimum Gasteiger partial charge on any atom is -0.271 e. The van der Waals surface area contributed by atoms with Crippen molar-refractivity contribution in [2.24, 2.45) is 5.84 Å². The Kier molecular flexibility index (Phi) is 6.82. The van der Waals surface area contributed by atoms with Gasteiger partial charge in [0.25, 0.3) is 0 Å². The fourth-order valence-electron chi connectivity index (χ4n) is 1.02. The maximum absolute atomic E-state index is 5.48. The van der Waals surface area contributed by atoms with Gasteiger partial charge in [-0.25, -0.2) is 0 Å². The number of rotatable bonds is 6. The van der Waals surface area contributed by atoms with Gasteiger partial charge in [0.2, 0.25) is 0 Å². The lowest BCUT2D eigenvalue weighted by Crippen LogP contribution is -2.37. The molecule has 0 spiro atoms. The molecular formula is C10H24N2S. The molecule has 0 amide bonds. The summed E-state index contributed by atoms with van der Waals surface area (Å²) >= 11 is 1.97. The maximum Gasteiger partial charge on any atom is 0.0301 e. The first-order chi connectivity index (χ1) is 5.99. The SMILES string of the molecule is CCCCC(CSC(C)(C)C)NN. The van der Waals surface area contributed by atoms with Crippen LogP contribution < -0.4 is 11.3 Å². The molecule has 0 rings (SSSR count). The highest BCUT2D eigenvalue weighted by atomic mass is 32.2. The van der Waals surface area contributed by atoms with Crippen LogP contribution in [-0.2, 0) is 0 Å². The van der Waals surface area contributed by atoms with Gasteiger partial charge in [-0.3, -0.25) is 11.3 Å². The van der Waals surface area contributed by atoms with E-state index in [4.69, 9.17) is 5.84 Å². The third-order valence-corrected chi connectivity index (χ3v) is 3.29. The van der Waals surface area contributed by atoms with Crippen molar-refractivity contribution in [3.05, 3.63) is 0 Å². The average molecular weight is 204 g/mol. The maximum atomic E-state index is 5.48. The van der Waals surface area contributed by atoms with Gasteiger partial charge in [-0.15, -0.1) is 0 Å². The van der Waals surface area contributed by atoms with Gasteiger partial charge in [-0.2, -0.15) is 11.8 Å². The zero-order valence-corrected chi connectivity index (χ0v) is 10.2. The molecule has 0 aliphatic heterocycles. The number of thioether (sulfide) groups is 1. The second kappa shape index (κ2) is 6.68. The fraction of sp³-hybridized carbons (Fsp3) is 1.00. The number of nitrogens with one attached hydrogen (secondary N) is 1. The smallest absolute Gasteiger partial charge is 0.0301 e. The van der Waals surface area contributed by atoms with Gasteiger partial charge in [0.15, 0.2) is 0 Å². The summed E-state index contributed by atoms with van der Waals surface area (Å²) in [7, 11) is 0. The Hall–Kier alpha value is 0.270. The monoisotopic (exact) mass is 204 g/mol. The Morgan fingerprint density at radius 3 is 2.38 bits per heavy atom. The molecule has 13 heavy (non-hydrogen) atoms. The van der Waals surface area contributed by atoms with E-state index in [0.717, 1.165) is 5.75 Å². The van der Waals surface area contributed by atoms with E-state index < -0.39 is 0 Å². The lowest BCUT2D eigenvalue weighted by atomic mass is 10.1. The second-order valence-electron chi connectivity index (χ2n) is 4.43. The van der Waals surface area contributed by atoms with Crippen LogP contribution in [0, 0.1) is 0 Å². The van der Waals surface area contributed by atoms with E-state index >= 15 is 0 Å². The van der Waals surface area contributed by atoms with Crippen molar-refractivity contribution in [1.29, 1.82) is 0 Å². The fourth-order valence-corrected chi connectivity index (χ4v) is 1.98. The predicted molar refractivity (Wildman–Crippen MR) is 62.8 cm³/mol. The highest BCUT2D eigenvalue weighted by Crippen LogP contribution is 2.24. The van der Waals surface area contributed by atoms with Gasteiger partial charge in [-0.05, 0) is 6.42 Å². The van der Waals surface area contributed by atoms with Crippen molar-refractivity contribution in [3.8, 4) is 0 Å². The number of hydrogen-bond acceptors (Lipinski definition) is 3. The van der Waals surface area contributed by atoms with Crippen LogP contribution in [-0.4, -0.2) is 16.5 Å². The van der Waals surface area contributed by atoms with Gasteiger partial charge < -0.3 is 0 Å². The van der Waals surface area contributed by atoms with Crippen LogP contribution in [0.5, 0.6) is 0 Å². The van der Waals surface area contributed by atoms with Crippen molar-refractivity contribution < 1.29 is 0 Å². The summed E-state index contributed by atoms with van der Waals surface area (Å²) in [4.78, 5) is 0. The molecule has 0 bridgehead atoms. The lowest BCUT2D eigenvalue weighted by Gasteiger charge is -2.22. The van der Waals surface area contributed by atoms with E-state index in [1.54, 1.807) is 0 Å². The standard InChI is InChI=1S/C10H24N2S/c1-5-6-7-9(12-11)8-13-10(2,3)4/h9,12H,5-8,11H2,1-4H3. The van der Waals surface area contributed by atoms with Crippen LogP contribution in [0.1, 0.15) is 47.0 Å². The molecule has 80 valence electrons. The van der Waals surface area contributed by atoms with E-state index in [9.17, 15) is 0 Å². The number of hydrogen-bond donors (Lipinski definition) is 2. The third kappa shape index (κ3) is 8.60. The predicted octanol–water partition coefficient (Wildman–Crippen LogP) is 2.54. The zero-order valence-electron chi connectivity index (χ0n) is 9.39. The van der Waals surface area contributed by atoms with Crippen LogP contribution in [0.25, 0.3) is 0 Å². The Balaban J connectivity index is 3.59. The number of nitrogens with two attached hydrogens (primary N) is 1. The molecular weight excluding hydrogens is 180 g/mol. The summed E-state index contributed by atoms with van der Waals surface area (Å²) in [5.41, 5.74) is 2.89. The van der Waals surface area contributed by atoms with E-state index in [1.807, 2.05) is 11.8 Å². The third-order valence-electron chi connectivity index (χ3n) is 1.86. The van der Waals surface area contributed by atoms with Crippen molar-refractivity contribution in [3.63, 3.8) is 0 Å². The Morgan fingerprint density at radius 1 is 1.38 bits per heavy atom. The van der Waals surface area contributed by atoms with Gasteiger partial charge in [0.1, 0.15) is 0 Å². The summed E-state index contributed by atoms with van der Waals surface area (Å²) < 4.78 is 0.349. The summed E-state index contributed by atoms with van der Waals surface area (Å²) in [6.07, 6.45) is 3.70. The first kappa shape index (κ1) is 13.3. The first-order valence-corrected chi connectivity index (χ1v) is 6.08. The Bertz CT molecular complexity index is 121. The molecule has 0 saturated heterocycles. The van der Waals surface area contributed by atoms with Crippen LogP contribution in [0.15, 0.2) is 0 Å². The van der Waals surface area contributed by atoms with Crippen LogP contribution in [0.3, 0.4) is 0 Å². The quantitative estimate of drug-likeness (QED) is 0.516. The number of hydrazine groups is 1. The van der Waals surface area contributed by atoms with E-state index in [-0.39, 0.29) is 0 Å². The highest BCUT2D eigenvalue weighted by molar-refractivity contribution is 8.00. The minimum absolute atomic E-state index is 0.349. The summed E-state index contributed by atoms with van der Waals surface area (Å²) in [6, 6.07) is 0.476. The molecule has 2 nitrogen and oxygen atoms in total. The largest absolute Gasteiger partial charge is 0.271 e. The van der Waals surface area contributed by atoms with Crippen LogP contribution >= 0.6 is 11.8 Å². The molecule has 3 N–H and O–H groups in total. The molecule has 0 aromatic rings. The molecule has 0 heterocycles. The summed E-state index contributed by atoms with van der Waals surface area (Å²) in [5, 5.41) is 0. The van der Waals surface area contributed by atoms with Gasteiger partial charge in [-0.1, -0.05) is 40.5 Å². The van der Waals surface area contributed by atoms with Crippen molar-refractivity contribution in [2.45, 2.75) is 57.7 Å². The molecule has 0 aromatic carbocycles. The summed E-state index contributed by atoms with van der Waals surface area (Å²) in [6.45, 7) is 8.94. The molecule has 0 aliphatic rings. The zero-order chi connectivity index (χ0) is 10.3. The van der Waals surface area contributed by atoms with Gasteiger partial charge >= 0.3 is 0 Å². The van der Waals surface area contributed by atoms with E-state index in [2.05, 4.69) is 33.1 Å². The average Bonchev–Trinajstić information content (AvgIpc) is 2.03. The van der Waals surface area contributed by atoms with Crippen molar-refractivity contribution in [1.82, 2.24) is 5.43 Å². The molecule has 3 heteroatoms. The van der Waals surface area contributed by atoms with Gasteiger partial charge in [0.05, 0.1) is 0 Å². The number of unbranched alkanes of at least 4 members (excludes halogenated alkanes) is 1. The molecule has 0 aromatic heterocycles. The molecule has 0 aliphatic carbocycles. The molecule has 0 fully saturated rings. The van der Waals surface area contributed by atoms with Crippen LogP contribution in [0.4, 0.5) is 0 Å². The topological polar surface area (TPSA) is 38.0 Å². The first-order valence-electron chi connectivity index (χ1n) is 5.09. The molecule has 0 radical (unpaired) electrons. The minimum atomic E-state index is 0.349. The highest BCUT2D eigenvalue weighted by Gasteiger charge is 2.14. The lowest BCUT2D eigenvalue weighted by molar-refractivity contribution is 0.515. The normalized spacial score (nSPS) is 14.5. The Labute approximate surface area is 87.0 Å². The second-order valence-corrected chi connectivity index (χ2v) is 6.28. The van der Waals surface area contributed by atoms with Crippen molar-refractivity contribution in [2.75, 3.05) is 5.75 Å². The van der Waals surface area contributed by atoms with E-state index in [0.29, 0.717) is 10.8 Å². The van der Waals surface area contributed by atoms with E-state index in [1.165, 1.54) is 19.3 Å². The molecule has 1 unspecified atom stereocenters. The van der Waals surface area contributed by atoms with Crippen LogP contribution in [0.2, 0.25) is 0 Å². The molecule has 1 atom stereocenters. The Morgan fingerprint density at radius 2 is 2.00 bits per heavy atom.